The Labute approximate surface area is 184 Å². The Hall–Kier alpha value is -2.25. The summed E-state index contributed by atoms with van der Waals surface area (Å²) < 4.78 is 31.3. The summed E-state index contributed by atoms with van der Waals surface area (Å²) in [4.78, 5) is 12.4. The summed E-state index contributed by atoms with van der Waals surface area (Å²) in [7, 11) is -3.64. The summed E-state index contributed by atoms with van der Waals surface area (Å²) in [6, 6.07) is 12.9. The predicted molar refractivity (Wildman–Crippen MR) is 122 cm³/mol. The van der Waals surface area contributed by atoms with E-state index in [0.717, 1.165) is 34.7 Å². The Morgan fingerprint density at radius 2 is 1.90 bits per heavy atom. The SMILES string of the molecule is Cc1c(Cl)cccc1N(CC(=O)NCCCc1cccc(OC(C)C)c1)S(C)(=O)=O. The summed E-state index contributed by atoms with van der Waals surface area (Å²) in [5.41, 5.74) is 2.14. The highest BCUT2D eigenvalue weighted by Gasteiger charge is 2.22. The molecule has 2 aromatic rings. The van der Waals surface area contributed by atoms with Gasteiger partial charge >= 0.3 is 0 Å². The fourth-order valence-electron chi connectivity index (χ4n) is 3.00. The standard InChI is InChI=1S/C22H29ClN2O4S/c1-16(2)29-19-10-5-8-18(14-19)9-7-13-24-22(26)15-25(30(4,27)28)21-12-6-11-20(23)17(21)3/h5-6,8,10-12,14,16H,7,9,13,15H2,1-4H3,(H,24,26). The zero-order valence-electron chi connectivity index (χ0n) is 17.8. The minimum Gasteiger partial charge on any atom is -0.491 e. The molecule has 6 nitrogen and oxygen atoms in total. The van der Waals surface area contributed by atoms with Gasteiger partial charge in [0, 0.05) is 11.6 Å². The second-order valence-corrected chi connectivity index (χ2v) is 9.74. The molecular formula is C22H29ClN2O4S. The summed E-state index contributed by atoms with van der Waals surface area (Å²) in [6.07, 6.45) is 2.69. The van der Waals surface area contributed by atoms with Gasteiger partial charge in [0.2, 0.25) is 15.9 Å². The predicted octanol–water partition coefficient (Wildman–Crippen LogP) is 3.95. The van der Waals surface area contributed by atoms with Crippen LogP contribution in [-0.2, 0) is 21.2 Å². The average Bonchev–Trinajstić information content (AvgIpc) is 2.65. The molecule has 1 N–H and O–H groups in total. The monoisotopic (exact) mass is 452 g/mol. The second kappa shape index (κ2) is 10.7. The zero-order chi connectivity index (χ0) is 22.3. The molecule has 2 rings (SSSR count). The molecule has 1 amide bonds. The summed E-state index contributed by atoms with van der Waals surface area (Å²) >= 11 is 6.11. The Balaban J connectivity index is 1.92. The van der Waals surface area contributed by atoms with Crippen LogP contribution < -0.4 is 14.4 Å². The van der Waals surface area contributed by atoms with Gasteiger partial charge in [0.05, 0.1) is 18.0 Å². The molecule has 0 heterocycles. The quantitative estimate of drug-likeness (QED) is 0.554. The van der Waals surface area contributed by atoms with Crippen LogP contribution in [0.1, 0.15) is 31.4 Å². The Morgan fingerprint density at radius 1 is 1.20 bits per heavy atom. The van der Waals surface area contributed by atoms with Crippen molar-refractivity contribution in [3.05, 3.63) is 58.6 Å². The van der Waals surface area contributed by atoms with Crippen molar-refractivity contribution in [1.82, 2.24) is 5.32 Å². The molecule has 0 saturated carbocycles. The van der Waals surface area contributed by atoms with E-state index in [1.807, 2.05) is 38.1 Å². The molecule has 0 aromatic heterocycles. The van der Waals surface area contributed by atoms with Crippen LogP contribution in [0.4, 0.5) is 5.69 Å². The van der Waals surface area contributed by atoms with Crippen molar-refractivity contribution < 1.29 is 17.9 Å². The van der Waals surface area contributed by atoms with E-state index >= 15 is 0 Å². The maximum absolute atomic E-state index is 12.4. The van der Waals surface area contributed by atoms with Crippen molar-refractivity contribution in [2.45, 2.75) is 39.7 Å². The lowest BCUT2D eigenvalue weighted by atomic mass is 10.1. The molecule has 0 bridgehead atoms. The number of hydrogen-bond acceptors (Lipinski definition) is 4. The topological polar surface area (TPSA) is 75.7 Å². The van der Waals surface area contributed by atoms with Crippen molar-refractivity contribution in [2.75, 3.05) is 23.7 Å². The zero-order valence-corrected chi connectivity index (χ0v) is 19.4. The van der Waals surface area contributed by atoms with Gasteiger partial charge in [-0.15, -0.1) is 0 Å². The second-order valence-electron chi connectivity index (χ2n) is 7.42. The van der Waals surface area contributed by atoms with Gasteiger partial charge in [-0.25, -0.2) is 8.42 Å². The van der Waals surface area contributed by atoms with Crippen molar-refractivity contribution in [3.8, 4) is 5.75 Å². The Kier molecular flexibility index (Phi) is 8.55. The molecule has 0 radical (unpaired) electrons. The van der Waals surface area contributed by atoms with E-state index in [9.17, 15) is 13.2 Å². The van der Waals surface area contributed by atoms with Gasteiger partial charge in [-0.2, -0.15) is 0 Å². The van der Waals surface area contributed by atoms with E-state index in [0.29, 0.717) is 22.8 Å². The number of benzene rings is 2. The third kappa shape index (κ3) is 7.22. The van der Waals surface area contributed by atoms with Crippen molar-refractivity contribution in [3.63, 3.8) is 0 Å². The minimum absolute atomic E-state index is 0.112. The molecule has 8 heteroatoms. The third-order valence-corrected chi connectivity index (χ3v) is 5.97. The molecule has 2 aromatic carbocycles. The number of hydrogen-bond donors (Lipinski definition) is 1. The number of sulfonamides is 1. The molecule has 0 aliphatic carbocycles. The minimum atomic E-state index is -3.64. The molecule has 0 unspecified atom stereocenters. The number of nitrogens with one attached hydrogen (secondary N) is 1. The van der Waals surface area contributed by atoms with Crippen LogP contribution in [0.15, 0.2) is 42.5 Å². The van der Waals surface area contributed by atoms with E-state index in [4.69, 9.17) is 16.3 Å². The van der Waals surface area contributed by atoms with Crippen LogP contribution >= 0.6 is 11.6 Å². The summed E-state index contributed by atoms with van der Waals surface area (Å²) in [5, 5.41) is 3.25. The van der Waals surface area contributed by atoms with Gasteiger partial charge in [-0.05, 0) is 69.0 Å². The van der Waals surface area contributed by atoms with Gasteiger partial charge < -0.3 is 10.1 Å². The highest BCUT2D eigenvalue weighted by molar-refractivity contribution is 7.92. The van der Waals surface area contributed by atoms with Gasteiger partial charge in [-0.3, -0.25) is 9.10 Å². The van der Waals surface area contributed by atoms with Gasteiger partial charge in [0.15, 0.2) is 0 Å². The number of nitrogens with zero attached hydrogens (tertiary/aromatic N) is 1. The third-order valence-electron chi connectivity index (χ3n) is 4.43. The number of carbonyl (C=O) groups is 1. The Bertz CT molecular complexity index is 977. The van der Waals surface area contributed by atoms with Crippen LogP contribution in [0, 0.1) is 6.92 Å². The van der Waals surface area contributed by atoms with Crippen LogP contribution in [0.25, 0.3) is 0 Å². The first-order valence-electron chi connectivity index (χ1n) is 9.83. The molecule has 0 spiro atoms. The van der Waals surface area contributed by atoms with E-state index in [1.54, 1.807) is 25.1 Å². The number of ether oxygens (including phenoxy) is 1. The van der Waals surface area contributed by atoms with E-state index in [-0.39, 0.29) is 18.6 Å². The molecule has 0 aliphatic heterocycles. The first-order valence-corrected chi connectivity index (χ1v) is 12.1. The molecule has 0 atom stereocenters. The lowest BCUT2D eigenvalue weighted by molar-refractivity contribution is -0.119. The summed E-state index contributed by atoms with van der Waals surface area (Å²) in [6.45, 7) is 5.84. The number of amides is 1. The van der Waals surface area contributed by atoms with Gasteiger partial charge in [0.1, 0.15) is 12.3 Å². The lowest BCUT2D eigenvalue weighted by Gasteiger charge is -2.24. The molecule has 30 heavy (non-hydrogen) atoms. The fourth-order valence-corrected chi connectivity index (χ4v) is 4.08. The Morgan fingerprint density at radius 3 is 2.57 bits per heavy atom. The molecular weight excluding hydrogens is 424 g/mol. The first kappa shape index (κ1) is 24.0. The molecule has 164 valence electrons. The normalized spacial score (nSPS) is 11.4. The fraction of sp³-hybridized carbons (Fsp3) is 0.409. The number of halogens is 1. The van der Waals surface area contributed by atoms with Crippen molar-refractivity contribution >= 4 is 33.2 Å². The number of rotatable bonds is 10. The lowest BCUT2D eigenvalue weighted by Crippen LogP contribution is -2.41. The number of carbonyl (C=O) groups excluding carboxylic acids is 1. The summed E-state index contributed by atoms with van der Waals surface area (Å²) in [5.74, 6) is 0.462. The van der Waals surface area contributed by atoms with Crippen molar-refractivity contribution in [2.24, 2.45) is 0 Å². The molecule has 0 saturated heterocycles. The maximum atomic E-state index is 12.4. The highest BCUT2D eigenvalue weighted by atomic mass is 35.5. The molecule has 0 aliphatic rings. The van der Waals surface area contributed by atoms with Crippen LogP contribution in [-0.4, -0.2) is 39.8 Å². The average molecular weight is 453 g/mol. The smallest absolute Gasteiger partial charge is 0.240 e. The number of aryl methyl sites for hydroxylation is 1. The van der Waals surface area contributed by atoms with E-state index in [2.05, 4.69) is 5.32 Å². The van der Waals surface area contributed by atoms with E-state index in [1.165, 1.54) is 0 Å². The van der Waals surface area contributed by atoms with Gasteiger partial charge in [0.25, 0.3) is 0 Å². The first-order chi connectivity index (χ1) is 14.1. The molecule has 0 fully saturated rings. The highest BCUT2D eigenvalue weighted by Crippen LogP contribution is 2.28. The van der Waals surface area contributed by atoms with E-state index < -0.39 is 10.0 Å². The van der Waals surface area contributed by atoms with Crippen LogP contribution in [0.3, 0.4) is 0 Å². The maximum Gasteiger partial charge on any atom is 0.240 e. The van der Waals surface area contributed by atoms with Crippen molar-refractivity contribution in [1.29, 1.82) is 0 Å². The van der Waals surface area contributed by atoms with Crippen LogP contribution in [0.2, 0.25) is 5.02 Å². The van der Waals surface area contributed by atoms with Gasteiger partial charge in [-0.1, -0.05) is 29.8 Å². The number of anilines is 1. The van der Waals surface area contributed by atoms with Crippen LogP contribution in [0.5, 0.6) is 5.75 Å². The largest absolute Gasteiger partial charge is 0.491 e.